The summed E-state index contributed by atoms with van der Waals surface area (Å²) in [5, 5.41) is 14.3. The van der Waals surface area contributed by atoms with E-state index in [1.54, 1.807) is 62.3 Å². The van der Waals surface area contributed by atoms with Crippen LogP contribution in [0, 0.1) is 5.92 Å². The molecule has 1 aromatic heterocycles. The van der Waals surface area contributed by atoms with E-state index in [-0.39, 0.29) is 43.3 Å². The lowest BCUT2D eigenvalue weighted by Crippen LogP contribution is -2.59. The number of aromatic amines is 1. The minimum Gasteiger partial charge on any atom is -0.459 e. The Morgan fingerprint density at radius 1 is 0.935 bits per heavy atom. The van der Waals surface area contributed by atoms with Gasteiger partial charge in [-0.1, -0.05) is 0 Å². The number of esters is 3. The molecule has 0 saturated carbocycles. The molecule has 0 radical (unpaired) electrons. The predicted octanol–water partition coefficient (Wildman–Crippen LogP) is 1.98. The van der Waals surface area contributed by atoms with Crippen molar-refractivity contribution in [3.05, 3.63) is 10.4 Å². The van der Waals surface area contributed by atoms with Crippen LogP contribution in [0.4, 0.5) is 22.2 Å². The van der Waals surface area contributed by atoms with Crippen molar-refractivity contribution in [2.45, 2.75) is 130 Å². The monoisotopic (exact) mass is 654 g/mol. The van der Waals surface area contributed by atoms with Gasteiger partial charge in [0, 0.05) is 6.54 Å². The van der Waals surface area contributed by atoms with Gasteiger partial charge in [0.05, 0.1) is 6.04 Å². The van der Waals surface area contributed by atoms with Gasteiger partial charge in [-0.05, 0) is 88.5 Å². The van der Waals surface area contributed by atoms with Crippen LogP contribution in [0.15, 0.2) is 4.79 Å². The number of aromatic nitrogens is 2. The van der Waals surface area contributed by atoms with Gasteiger partial charge < -0.3 is 40.8 Å². The minimum atomic E-state index is -1.58. The first-order valence-electron chi connectivity index (χ1n) is 15.2. The van der Waals surface area contributed by atoms with Crippen molar-refractivity contribution >= 4 is 41.5 Å². The van der Waals surface area contributed by atoms with E-state index in [2.05, 4.69) is 15.3 Å². The number of amides is 1. The van der Waals surface area contributed by atoms with Crippen LogP contribution in [-0.2, 0) is 33.3 Å². The van der Waals surface area contributed by atoms with Gasteiger partial charge in [0.1, 0.15) is 35.1 Å². The molecule has 2 rings (SSSR count). The SMILES string of the molecule is CC(OC(=O)C(CCCC(N)C(=O)OC(C)(C)C)C(=O)OC(C)(C)C)C(O)C1CNc2nc(N)[nH]c(=O)c2N1C(=O)OC(C)(C)C. The van der Waals surface area contributed by atoms with Gasteiger partial charge in [0.25, 0.3) is 5.56 Å². The molecule has 46 heavy (non-hydrogen) atoms. The Hall–Kier alpha value is -3.92. The molecular formula is C30H50N6O10. The number of nitrogens with two attached hydrogens (primary N) is 2. The Labute approximate surface area is 268 Å². The Bertz CT molecular complexity index is 1330. The molecule has 0 aliphatic carbocycles. The molecule has 1 amide bonds. The summed E-state index contributed by atoms with van der Waals surface area (Å²) in [6.45, 7) is 16.2. The zero-order valence-electron chi connectivity index (χ0n) is 28.4. The third-order valence-corrected chi connectivity index (χ3v) is 6.43. The molecule has 1 aliphatic rings. The van der Waals surface area contributed by atoms with E-state index in [0.29, 0.717) is 0 Å². The maximum absolute atomic E-state index is 13.4. The summed E-state index contributed by atoms with van der Waals surface area (Å²) in [6, 6.07) is -2.16. The molecule has 0 fully saturated rings. The summed E-state index contributed by atoms with van der Waals surface area (Å²) < 4.78 is 21.8. The summed E-state index contributed by atoms with van der Waals surface area (Å²) in [6.07, 6.45) is -3.61. The Morgan fingerprint density at radius 2 is 1.48 bits per heavy atom. The highest BCUT2D eigenvalue weighted by molar-refractivity contribution is 5.95. The number of carbonyl (C=O) groups is 4. The molecule has 16 nitrogen and oxygen atoms in total. The van der Waals surface area contributed by atoms with Crippen molar-refractivity contribution in [1.29, 1.82) is 0 Å². The first-order chi connectivity index (χ1) is 20.9. The van der Waals surface area contributed by atoms with Gasteiger partial charge in [0.2, 0.25) is 5.95 Å². The van der Waals surface area contributed by atoms with E-state index in [1.807, 2.05) is 0 Å². The number of aliphatic hydroxyl groups is 1. The van der Waals surface area contributed by atoms with Crippen LogP contribution < -0.4 is 27.2 Å². The smallest absolute Gasteiger partial charge is 0.415 e. The number of ether oxygens (including phenoxy) is 4. The van der Waals surface area contributed by atoms with Crippen LogP contribution in [0.2, 0.25) is 0 Å². The van der Waals surface area contributed by atoms with Crippen molar-refractivity contribution in [1.82, 2.24) is 9.97 Å². The lowest BCUT2D eigenvalue weighted by Gasteiger charge is -2.40. The topological polar surface area (TPSA) is 238 Å². The summed E-state index contributed by atoms with van der Waals surface area (Å²) >= 11 is 0. The Kier molecular flexibility index (Phi) is 12.2. The highest BCUT2D eigenvalue weighted by Crippen LogP contribution is 2.31. The molecule has 5 unspecified atom stereocenters. The fourth-order valence-corrected chi connectivity index (χ4v) is 4.49. The summed E-state index contributed by atoms with van der Waals surface area (Å²) in [4.78, 5) is 72.3. The average Bonchev–Trinajstić information content (AvgIpc) is 2.86. The van der Waals surface area contributed by atoms with Crippen molar-refractivity contribution in [2.24, 2.45) is 11.7 Å². The first-order valence-corrected chi connectivity index (χ1v) is 15.2. The largest absolute Gasteiger partial charge is 0.459 e. The van der Waals surface area contributed by atoms with Crippen molar-refractivity contribution in [3.8, 4) is 0 Å². The molecule has 2 heterocycles. The Morgan fingerprint density at radius 3 is 2.02 bits per heavy atom. The minimum absolute atomic E-state index is 0.00483. The van der Waals surface area contributed by atoms with E-state index in [0.717, 1.165) is 4.90 Å². The van der Waals surface area contributed by atoms with Crippen LogP contribution in [0.5, 0.6) is 0 Å². The number of anilines is 3. The van der Waals surface area contributed by atoms with Gasteiger partial charge in [0.15, 0.2) is 17.4 Å². The Balaban J connectivity index is 2.28. The highest BCUT2D eigenvalue weighted by Gasteiger charge is 2.44. The lowest BCUT2D eigenvalue weighted by molar-refractivity contribution is -0.174. The maximum Gasteiger partial charge on any atom is 0.415 e. The van der Waals surface area contributed by atoms with Gasteiger partial charge in [-0.3, -0.25) is 29.1 Å². The number of rotatable bonds is 10. The fourth-order valence-electron chi connectivity index (χ4n) is 4.49. The fraction of sp³-hybridized carbons (Fsp3) is 0.733. The second-order valence-electron chi connectivity index (χ2n) is 14.2. The summed E-state index contributed by atoms with van der Waals surface area (Å²) in [5.41, 5.74) is 8.01. The van der Waals surface area contributed by atoms with Crippen LogP contribution >= 0.6 is 0 Å². The van der Waals surface area contributed by atoms with Gasteiger partial charge in [-0.2, -0.15) is 4.98 Å². The van der Waals surface area contributed by atoms with E-state index >= 15 is 0 Å². The molecule has 7 N–H and O–H groups in total. The number of hydrogen-bond acceptors (Lipinski definition) is 14. The number of H-pyrrole nitrogens is 1. The zero-order valence-corrected chi connectivity index (χ0v) is 28.4. The molecule has 0 aromatic carbocycles. The molecule has 1 aliphatic heterocycles. The second-order valence-corrected chi connectivity index (χ2v) is 14.2. The summed E-state index contributed by atoms with van der Waals surface area (Å²) in [5.74, 6) is -4.08. The van der Waals surface area contributed by atoms with Crippen LogP contribution in [0.1, 0.15) is 88.5 Å². The highest BCUT2D eigenvalue weighted by atomic mass is 16.6. The number of carbonyl (C=O) groups excluding carboxylic acids is 4. The van der Waals surface area contributed by atoms with Crippen molar-refractivity contribution < 1.29 is 43.2 Å². The number of fused-ring (bicyclic) bond motifs is 1. The molecular weight excluding hydrogens is 604 g/mol. The molecule has 260 valence electrons. The van der Waals surface area contributed by atoms with Gasteiger partial charge in [-0.25, -0.2) is 4.79 Å². The lowest BCUT2D eigenvalue weighted by atomic mass is 9.98. The van der Waals surface area contributed by atoms with E-state index in [1.165, 1.54) is 6.92 Å². The zero-order chi connectivity index (χ0) is 35.4. The van der Waals surface area contributed by atoms with Gasteiger partial charge >= 0.3 is 24.0 Å². The second kappa shape index (κ2) is 14.7. The van der Waals surface area contributed by atoms with E-state index in [9.17, 15) is 29.1 Å². The first kappa shape index (κ1) is 38.3. The third kappa shape index (κ3) is 11.2. The molecule has 0 spiro atoms. The van der Waals surface area contributed by atoms with Gasteiger partial charge in [-0.15, -0.1) is 0 Å². The normalized spacial score (nSPS) is 17.8. The molecule has 5 atom stereocenters. The van der Waals surface area contributed by atoms with Crippen LogP contribution in [0.25, 0.3) is 0 Å². The van der Waals surface area contributed by atoms with Crippen LogP contribution in [-0.4, -0.2) is 86.7 Å². The molecule has 16 heteroatoms. The number of nitrogens with one attached hydrogen (secondary N) is 2. The predicted molar refractivity (Wildman–Crippen MR) is 169 cm³/mol. The average molecular weight is 655 g/mol. The number of nitrogens with zero attached hydrogens (tertiary/aromatic N) is 2. The third-order valence-electron chi connectivity index (χ3n) is 6.43. The number of nitrogen functional groups attached to an aromatic ring is 1. The number of hydrogen-bond donors (Lipinski definition) is 5. The molecule has 0 saturated heterocycles. The maximum atomic E-state index is 13.4. The van der Waals surface area contributed by atoms with E-state index in [4.69, 9.17) is 30.4 Å². The van der Waals surface area contributed by atoms with Crippen molar-refractivity contribution in [3.63, 3.8) is 0 Å². The molecule has 1 aromatic rings. The number of aliphatic hydroxyl groups excluding tert-OH is 1. The molecule has 0 bridgehead atoms. The summed E-state index contributed by atoms with van der Waals surface area (Å²) in [7, 11) is 0. The quantitative estimate of drug-likeness (QED) is 0.138. The standard InChI is InChI=1S/C30H50N6O10/c1-15(20(37)18-14-33-21-19(22(38)35-26(32)34-21)36(18)27(42)46-30(8,9)10)43-23(39)16(24(40)44-28(2,3)4)12-11-13-17(31)25(41)45-29(5,6)7/h15-18,20,37H,11-14,31H2,1-10H3,(H4,32,33,34,35,38). The van der Waals surface area contributed by atoms with E-state index < -0.39 is 76.6 Å². The van der Waals surface area contributed by atoms with Crippen LogP contribution in [0.3, 0.4) is 0 Å². The van der Waals surface area contributed by atoms with Crippen molar-refractivity contribution in [2.75, 3.05) is 22.5 Å².